The van der Waals surface area contributed by atoms with Crippen molar-refractivity contribution >= 4 is 35.3 Å². The van der Waals surface area contributed by atoms with Gasteiger partial charge < -0.3 is 31.3 Å². The van der Waals surface area contributed by atoms with Crippen molar-refractivity contribution in [2.75, 3.05) is 25.0 Å². The predicted molar refractivity (Wildman–Crippen MR) is 163 cm³/mol. The number of urea groups is 1. The van der Waals surface area contributed by atoms with Crippen LogP contribution < -0.4 is 36.2 Å². The van der Waals surface area contributed by atoms with Gasteiger partial charge in [-0.3, -0.25) is 14.5 Å². The highest BCUT2D eigenvalue weighted by atomic mass is 32.2. The molecule has 2 aromatic carbocycles. The second-order valence-electron chi connectivity index (χ2n) is 11.3. The fourth-order valence-electron chi connectivity index (χ4n) is 6.62. The number of hydrogen-bond acceptors (Lipinski definition) is 7. The van der Waals surface area contributed by atoms with Gasteiger partial charge in [-0.15, -0.1) is 0 Å². The van der Waals surface area contributed by atoms with Gasteiger partial charge in [0.05, 0.1) is 22.9 Å². The first-order valence-electron chi connectivity index (χ1n) is 14.8. The van der Waals surface area contributed by atoms with Crippen LogP contribution in [0, 0.1) is 12.8 Å². The van der Waals surface area contributed by atoms with E-state index in [2.05, 4.69) is 26.6 Å². The maximum atomic E-state index is 13.7. The smallest absolute Gasteiger partial charge is 0.326 e. The topological polar surface area (TPSA) is 124 Å². The molecule has 222 valence electrons. The third kappa shape index (κ3) is 5.73. The molecule has 3 heterocycles. The number of thioether (sulfide) groups is 1. The van der Waals surface area contributed by atoms with E-state index < -0.39 is 0 Å². The monoisotopic (exact) mass is 590 g/mol. The number of hydrogen-bond donors (Lipinski definition) is 5. The van der Waals surface area contributed by atoms with E-state index in [9.17, 15) is 14.4 Å². The number of rotatable bonds is 8. The van der Waals surface area contributed by atoms with Crippen molar-refractivity contribution in [3.8, 4) is 11.5 Å². The molecule has 42 heavy (non-hydrogen) atoms. The average Bonchev–Trinajstić information content (AvgIpc) is 3.35. The summed E-state index contributed by atoms with van der Waals surface area (Å²) >= 11 is 1.50. The Kier molecular flexibility index (Phi) is 8.41. The minimum Gasteiger partial charge on any atom is -0.457 e. The van der Waals surface area contributed by atoms with Crippen LogP contribution in [0.25, 0.3) is 0 Å². The van der Waals surface area contributed by atoms with Gasteiger partial charge in [-0.05, 0) is 75.7 Å². The Labute approximate surface area is 250 Å². The van der Waals surface area contributed by atoms with Gasteiger partial charge in [-0.1, -0.05) is 42.8 Å². The number of carbonyl (C=O) groups is 3. The second-order valence-corrected chi connectivity index (χ2v) is 12.5. The number of anilines is 1. The number of nitrogens with zero attached hydrogens (tertiary/aromatic N) is 1. The summed E-state index contributed by atoms with van der Waals surface area (Å²) < 4.78 is 6.01. The van der Waals surface area contributed by atoms with Gasteiger partial charge in [0.25, 0.3) is 5.91 Å². The van der Waals surface area contributed by atoms with Crippen molar-refractivity contribution in [3.63, 3.8) is 0 Å². The molecule has 6 rings (SSSR count). The Morgan fingerprint density at radius 2 is 1.79 bits per heavy atom. The molecule has 4 aliphatic rings. The van der Waals surface area contributed by atoms with Crippen LogP contribution in [0.15, 0.2) is 59.1 Å². The van der Waals surface area contributed by atoms with Crippen molar-refractivity contribution in [3.05, 3.63) is 64.7 Å². The first-order valence-corrected chi connectivity index (χ1v) is 15.6. The molecule has 11 heteroatoms. The number of likely N-dealkylation sites (N-methyl/N-ethyl adjacent to an activating group) is 1. The molecule has 3 aliphatic heterocycles. The van der Waals surface area contributed by atoms with E-state index in [0.29, 0.717) is 16.4 Å². The fraction of sp³-hybridized carbons (Fsp3) is 0.452. The Bertz CT molecular complexity index is 1380. The zero-order valence-corrected chi connectivity index (χ0v) is 24.8. The maximum absolute atomic E-state index is 13.7. The lowest BCUT2D eigenvalue weighted by Crippen LogP contribution is -2.62. The van der Waals surface area contributed by atoms with Crippen molar-refractivity contribution < 1.29 is 19.1 Å². The summed E-state index contributed by atoms with van der Waals surface area (Å²) in [5.41, 5.74) is 2.48. The highest BCUT2D eigenvalue weighted by molar-refractivity contribution is 8.04. The maximum Gasteiger partial charge on any atom is 0.326 e. The van der Waals surface area contributed by atoms with Gasteiger partial charge in [0, 0.05) is 29.4 Å². The molecule has 3 fully saturated rings. The summed E-state index contributed by atoms with van der Waals surface area (Å²) in [6.07, 6.45) is 4.42. The van der Waals surface area contributed by atoms with Crippen LogP contribution in [0.3, 0.4) is 0 Å². The minimum absolute atomic E-state index is 0.0129. The molecule has 0 aromatic heterocycles. The number of carbonyl (C=O) groups excluding carboxylic acids is 3. The lowest BCUT2D eigenvalue weighted by Gasteiger charge is -2.46. The molecule has 5 atom stereocenters. The lowest BCUT2D eigenvalue weighted by molar-refractivity contribution is -0.122. The number of piperidine rings is 1. The molecular formula is C31H38N6O4S. The van der Waals surface area contributed by atoms with Gasteiger partial charge in [-0.25, -0.2) is 4.79 Å². The van der Waals surface area contributed by atoms with E-state index in [0.717, 1.165) is 55.6 Å². The average molecular weight is 591 g/mol. The van der Waals surface area contributed by atoms with Gasteiger partial charge in [0.15, 0.2) is 0 Å². The van der Waals surface area contributed by atoms with Crippen LogP contribution in [0.1, 0.15) is 37.7 Å². The number of para-hydroxylation sites is 1. The molecule has 4 amide bonds. The first kappa shape index (κ1) is 28.6. The molecule has 3 unspecified atom stereocenters. The van der Waals surface area contributed by atoms with Crippen LogP contribution in [0.2, 0.25) is 0 Å². The van der Waals surface area contributed by atoms with Crippen LogP contribution in [-0.4, -0.2) is 61.5 Å². The molecule has 0 bridgehead atoms. The highest BCUT2D eigenvalue weighted by Gasteiger charge is 2.52. The first-order chi connectivity index (χ1) is 20.4. The van der Waals surface area contributed by atoms with Crippen LogP contribution in [0.4, 0.5) is 10.5 Å². The minimum atomic E-state index is -0.227. The standard InChI is InChI=1S/C31H38N6O4S/c1-18-16-20(41-19-8-4-3-5-9-19)12-13-23(18)37-24-14-15-33-30-26(24)27(36-31(37)40)28(42-30)29(39)35-22-11-7-6-10-21(22)34-25(38)17-32-2/h3-5,8-9,12-13,16,21-22,24,26,30,32-33H,6-7,10-11,14-15,17H2,1-2H3,(H,34,38)(H,35,39)(H,36,40)/t21-,22+,24?,26?,30?/m1/s1. The molecule has 1 aliphatic carbocycles. The van der Waals surface area contributed by atoms with E-state index in [1.807, 2.05) is 60.4 Å². The summed E-state index contributed by atoms with van der Waals surface area (Å²) in [5, 5.41) is 15.8. The molecule has 10 nitrogen and oxygen atoms in total. The summed E-state index contributed by atoms with van der Waals surface area (Å²) in [6, 6.07) is 14.8. The zero-order chi connectivity index (χ0) is 29.2. The van der Waals surface area contributed by atoms with E-state index in [-0.39, 0.29) is 53.8 Å². The molecule has 2 aromatic rings. The van der Waals surface area contributed by atoms with Gasteiger partial charge >= 0.3 is 6.03 Å². The van der Waals surface area contributed by atoms with E-state index >= 15 is 0 Å². The number of nitrogens with one attached hydrogen (secondary N) is 5. The Morgan fingerprint density at radius 1 is 1.02 bits per heavy atom. The zero-order valence-electron chi connectivity index (χ0n) is 23.9. The quantitative estimate of drug-likeness (QED) is 0.320. The van der Waals surface area contributed by atoms with E-state index in [1.54, 1.807) is 7.05 Å². The van der Waals surface area contributed by atoms with Crippen LogP contribution >= 0.6 is 11.8 Å². The summed E-state index contributed by atoms with van der Waals surface area (Å²) in [6.45, 7) is 2.98. The Morgan fingerprint density at radius 3 is 2.52 bits per heavy atom. The van der Waals surface area contributed by atoms with Crippen molar-refractivity contribution in [2.45, 2.75) is 62.5 Å². The normalized spacial score (nSPS) is 26.8. The van der Waals surface area contributed by atoms with Crippen LogP contribution in [0.5, 0.6) is 11.5 Å². The second kappa shape index (κ2) is 12.4. The summed E-state index contributed by atoms with van der Waals surface area (Å²) in [5.74, 6) is 1.16. The SMILES string of the molecule is CNCC(=O)N[C@@H]1CCCC[C@@H]1NC(=O)C1=C2NC(=O)N(c3ccc(Oc4ccccc4)cc3C)C3CCNC(S1)C23. The fourth-order valence-corrected chi connectivity index (χ4v) is 8.02. The van der Waals surface area contributed by atoms with E-state index in [1.165, 1.54) is 11.8 Å². The van der Waals surface area contributed by atoms with Crippen molar-refractivity contribution in [1.29, 1.82) is 0 Å². The highest BCUT2D eigenvalue weighted by Crippen LogP contribution is 2.48. The molecule has 5 N–H and O–H groups in total. The largest absolute Gasteiger partial charge is 0.457 e. The van der Waals surface area contributed by atoms with Crippen molar-refractivity contribution in [2.24, 2.45) is 5.92 Å². The lowest BCUT2D eigenvalue weighted by atomic mass is 9.86. The Balaban J connectivity index is 1.21. The number of aryl methyl sites for hydroxylation is 1. The third-order valence-electron chi connectivity index (χ3n) is 8.52. The van der Waals surface area contributed by atoms with Gasteiger partial charge in [0.2, 0.25) is 5.91 Å². The van der Waals surface area contributed by atoms with Gasteiger partial charge in [0.1, 0.15) is 11.5 Å². The molecule has 0 radical (unpaired) electrons. The molecule has 2 saturated heterocycles. The summed E-state index contributed by atoms with van der Waals surface area (Å²) in [4.78, 5) is 42.1. The van der Waals surface area contributed by atoms with Gasteiger partial charge in [-0.2, -0.15) is 0 Å². The predicted octanol–water partition coefficient (Wildman–Crippen LogP) is 3.34. The summed E-state index contributed by atoms with van der Waals surface area (Å²) in [7, 11) is 1.74. The van der Waals surface area contributed by atoms with E-state index in [4.69, 9.17) is 4.74 Å². The van der Waals surface area contributed by atoms with Crippen LogP contribution in [-0.2, 0) is 9.59 Å². The number of amides is 4. The van der Waals surface area contributed by atoms with Crippen molar-refractivity contribution in [1.82, 2.24) is 26.6 Å². The molecular weight excluding hydrogens is 552 g/mol. The number of benzene rings is 2. The third-order valence-corrected chi connectivity index (χ3v) is 9.88. The number of ether oxygens (including phenoxy) is 1. The molecule has 0 spiro atoms. The molecule has 1 saturated carbocycles. The Hall–Kier alpha value is -3.54.